The number of nitrogens with zero attached hydrogens (tertiary/aromatic N) is 1. The molecule has 3 aliphatic carbocycles. The highest BCUT2D eigenvalue weighted by Crippen LogP contribution is 2.62. The molecule has 50 heavy (non-hydrogen) atoms. The van der Waals surface area contributed by atoms with E-state index in [2.05, 4.69) is 196 Å². The Hall–Kier alpha value is -5.66. The van der Waals surface area contributed by atoms with Crippen LogP contribution in [0, 0.1) is 0 Å². The largest absolute Gasteiger partial charge is 0.310 e. The van der Waals surface area contributed by atoms with Gasteiger partial charge in [-0.25, -0.2) is 0 Å². The van der Waals surface area contributed by atoms with Crippen molar-refractivity contribution in [2.24, 2.45) is 0 Å². The summed E-state index contributed by atoms with van der Waals surface area (Å²) in [5, 5.41) is 0. The molecule has 0 radical (unpaired) electrons. The molecular weight excluding hydrogens is 603 g/mol. The summed E-state index contributed by atoms with van der Waals surface area (Å²) in [6.07, 6.45) is 0. The molecule has 0 amide bonds. The average molecular weight is 642 g/mol. The van der Waals surface area contributed by atoms with E-state index >= 15 is 0 Å². The number of para-hydroxylation sites is 1. The maximum absolute atomic E-state index is 2.45. The fourth-order valence-corrected chi connectivity index (χ4v) is 9.86. The average Bonchev–Trinajstić information content (AvgIpc) is 3.57. The van der Waals surface area contributed by atoms with Gasteiger partial charge in [0, 0.05) is 27.9 Å². The fourth-order valence-electron chi connectivity index (χ4n) is 9.86. The van der Waals surface area contributed by atoms with Crippen LogP contribution in [0.5, 0.6) is 0 Å². The van der Waals surface area contributed by atoms with E-state index in [1.165, 1.54) is 72.4 Å². The Labute approximate surface area is 295 Å². The van der Waals surface area contributed by atoms with Crippen LogP contribution >= 0.6 is 0 Å². The van der Waals surface area contributed by atoms with Gasteiger partial charge >= 0.3 is 0 Å². The van der Waals surface area contributed by atoms with E-state index < -0.39 is 5.41 Å². The molecule has 0 aliphatic heterocycles. The van der Waals surface area contributed by atoms with E-state index in [1.807, 2.05) is 0 Å². The number of hydrogen-bond acceptors (Lipinski definition) is 1. The van der Waals surface area contributed by atoms with Crippen molar-refractivity contribution < 1.29 is 0 Å². The molecule has 0 heterocycles. The second-order valence-corrected chi connectivity index (χ2v) is 15.3. The predicted octanol–water partition coefficient (Wildman–Crippen LogP) is 12.5. The van der Waals surface area contributed by atoms with Crippen LogP contribution in [0.1, 0.15) is 72.2 Å². The van der Waals surface area contributed by atoms with Crippen LogP contribution < -0.4 is 4.90 Å². The van der Waals surface area contributed by atoms with Crippen LogP contribution in [0.15, 0.2) is 164 Å². The summed E-state index contributed by atoms with van der Waals surface area (Å²) in [4.78, 5) is 2.44. The lowest BCUT2D eigenvalue weighted by Crippen LogP contribution is -2.40. The van der Waals surface area contributed by atoms with Gasteiger partial charge in [-0.2, -0.15) is 0 Å². The quantitative estimate of drug-likeness (QED) is 0.186. The SMILES string of the molecule is CC1(C)c2ccccc2-c2cc(N(c3ccccc3)c3ccc4c(c3)-c3ccccc3C43c4ccccc4C(C)(C)c4ccccc43)ccc21. The van der Waals surface area contributed by atoms with Crippen molar-refractivity contribution >= 4 is 17.1 Å². The van der Waals surface area contributed by atoms with Crippen molar-refractivity contribution in [1.82, 2.24) is 0 Å². The van der Waals surface area contributed by atoms with Crippen LogP contribution in [-0.2, 0) is 16.2 Å². The minimum absolute atomic E-state index is 0.0330. The molecule has 0 N–H and O–H groups in total. The van der Waals surface area contributed by atoms with Crippen molar-refractivity contribution in [3.63, 3.8) is 0 Å². The van der Waals surface area contributed by atoms with Gasteiger partial charge in [-0.05, 0) is 103 Å². The molecule has 7 aromatic rings. The van der Waals surface area contributed by atoms with E-state index in [1.54, 1.807) is 0 Å². The van der Waals surface area contributed by atoms with Crippen LogP contribution in [-0.4, -0.2) is 0 Å². The van der Waals surface area contributed by atoms with Crippen LogP contribution in [0.2, 0.25) is 0 Å². The third-order valence-corrected chi connectivity index (χ3v) is 12.1. The summed E-state index contributed by atoms with van der Waals surface area (Å²) in [6, 6.07) is 61.5. The fraction of sp³-hybridized carbons (Fsp3) is 0.143. The molecule has 0 bridgehead atoms. The molecule has 0 fully saturated rings. The van der Waals surface area contributed by atoms with Crippen molar-refractivity contribution in [3.8, 4) is 22.3 Å². The normalized spacial score (nSPS) is 16.1. The van der Waals surface area contributed by atoms with E-state index in [0.717, 1.165) is 11.4 Å². The Balaban J connectivity index is 1.23. The van der Waals surface area contributed by atoms with Gasteiger partial charge in [-0.3, -0.25) is 0 Å². The van der Waals surface area contributed by atoms with Gasteiger partial charge in [0.05, 0.1) is 5.41 Å². The summed E-state index contributed by atoms with van der Waals surface area (Å²) in [7, 11) is 0. The molecule has 0 atom stereocenters. The minimum Gasteiger partial charge on any atom is -0.310 e. The third-order valence-electron chi connectivity index (χ3n) is 12.1. The summed E-state index contributed by atoms with van der Waals surface area (Å²) in [5.41, 5.74) is 19.3. The smallest absolute Gasteiger partial charge is 0.0719 e. The van der Waals surface area contributed by atoms with Gasteiger partial charge in [0.25, 0.3) is 0 Å². The molecule has 7 aromatic carbocycles. The maximum atomic E-state index is 2.45. The van der Waals surface area contributed by atoms with Gasteiger partial charge in [-0.1, -0.05) is 155 Å². The lowest BCUT2D eigenvalue weighted by Gasteiger charge is -2.46. The summed E-state index contributed by atoms with van der Waals surface area (Å²) < 4.78 is 0. The highest BCUT2D eigenvalue weighted by atomic mass is 15.1. The molecule has 0 saturated carbocycles. The Kier molecular flexibility index (Phi) is 5.96. The maximum Gasteiger partial charge on any atom is 0.0719 e. The molecule has 10 rings (SSSR count). The molecule has 1 nitrogen and oxygen atoms in total. The number of fused-ring (bicyclic) bond motifs is 12. The molecule has 3 aliphatic rings. The van der Waals surface area contributed by atoms with E-state index in [9.17, 15) is 0 Å². The van der Waals surface area contributed by atoms with Crippen molar-refractivity contribution in [2.75, 3.05) is 4.90 Å². The molecule has 0 unspecified atom stereocenters. The van der Waals surface area contributed by atoms with Gasteiger partial charge in [0.2, 0.25) is 0 Å². The molecule has 1 heteroatoms. The van der Waals surface area contributed by atoms with E-state index in [-0.39, 0.29) is 10.8 Å². The number of benzene rings is 7. The first kappa shape index (κ1) is 29.3. The predicted molar refractivity (Wildman–Crippen MR) is 208 cm³/mol. The summed E-state index contributed by atoms with van der Waals surface area (Å²) in [5.74, 6) is 0. The first-order valence-corrected chi connectivity index (χ1v) is 17.9. The van der Waals surface area contributed by atoms with Crippen LogP contribution in [0.4, 0.5) is 17.1 Å². The van der Waals surface area contributed by atoms with Crippen molar-refractivity contribution in [2.45, 2.75) is 43.9 Å². The minimum atomic E-state index is -0.395. The lowest BCUT2D eigenvalue weighted by atomic mass is 9.55. The molecule has 240 valence electrons. The first-order chi connectivity index (χ1) is 24.3. The zero-order valence-electron chi connectivity index (χ0n) is 29.0. The van der Waals surface area contributed by atoms with Gasteiger partial charge in [-0.15, -0.1) is 0 Å². The number of hydrogen-bond donors (Lipinski definition) is 0. The zero-order valence-corrected chi connectivity index (χ0v) is 29.0. The second kappa shape index (κ2) is 10.2. The summed E-state index contributed by atoms with van der Waals surface area (Å²) in [6.45, 7) is 9.47. The topological polar surface area (TPSA) is 3.24 Å². The van der Waals surface area contributed by atoms with Gasteiger partial charge in [0.15, 0.2) is 0 Å². The Bertz CT molecular complexity index is 2450. The zero-order chi connectivity index (χ0) is 33.8. The number of rotatable bonds is 3. The Morgan fingerprint density at radius 2 is 0.680 bits per heavy atom. The van der Waals surface area contributed by atoms with Crippen molar-refractivity contribution in [3.05, 3.63) is 208 Å². The Morgan fingerprint density at radius 3 is 1.28 bits per heavy atom. The third kappa shape index (κ3) is 3.67. The molecule has 0 aromatic heterocycles. The first-order valence-electron chi connectivity index (χ1n) is 17.9. The standard InChI is InChI=1S/C49H39N/c1-47(2)39-20-10-8-18-35(39)37-30-33(26-28-40(37)47)50(32-16-6-5-7-17-32)34-27-29-42-38(31-34)36-19-9-11-21-41(36)49(42)45-24-14-12-22-43(45)48(3,4)44-23-13-15-25-46(44)49/h5-31H,1-4H3. The monoisotopic (exact) mass is 641 g/mol. The van der Waals surface area contributed by atoms with E-state index in [0.29, 0.717) is 0 Å². The highest BCUT2D eigenvalue weighted by molar-refractivity contribution is 5.92. The molecule has 1 spiro atoms. The number of anilines is 3. The van der Waals surface area contributed by atoms with Gasteiger partial charge < -0.3 is 4.90 Å². The van der Waals surface area contributed by atoms with E-state index in [4.69, 9.17) is 0 Å². The Morgan fingerprint density at radius 1 is 0.300 bits per heavy atom. The highest BCUT2D eigenvalue weighted by Gasteiger charge is 2.53. The van der Waals surface area contributed by atoms with Gasteiger partial charge in [0.1, 0.15) is 0 Å². The molecular formula is C49H39N. The second-order valence-electron chi connectivity index (χ2n) is 15.3. The molecule has 0 saturated heterocycles. The van der Waals surface area contributed by atoms with Crippen molar-refractivity contribution in [1.29, 1.82) is 0 Å². The lowest BCUT2D eigenvalue weighted by molar-refractivity contribution is 0.563. The van der Waals surface area contributed by atoms with Crippen LogP contribution in [0.3, 0.4) is 0 Å². The summed E-state index contributed by atoms with van der Waals surface area (Å²) >= 11 is 0. The van der Waals surface area contributed by atoms with Crippen LogP contribution in [0.25, 0.3) is 22.3 Å².